The number of halogens is 2. The molecule has 1 rings (SSSR count). The van der Waals surface area contributed by atoms with Crippen LogP contribution in [0.4, 0.5) is 0 Å². The Morgan fingerprint density at radius 1 is 1.29 bits per heavy atom. The third-order valence-electron chi connectivity index (χ3n) is 2.07. The van der Waals surface area contributed by atoms with Crippen molar-refractivity contribution in [2.24, 2.45) is 5.73 Å². The van der Waals surface area contributed by atoms with Crippen LogP contribution in [0.3, 0.4) is 0 Å². The summed E-state index contributed by atoms with van der Waals surface area (Å²) in [5.74, 6) is 0.992. The van der Waals surface area contributed by atoms with E-state index in [0.717, 1.165) is 12.2 Å². The Morgan fingerprint density at radius 3 is 2.36 bits per heavy atom. The number of amidine groups is 1. The van der Waals surface area contributed by atoms with E-state index in [9.17, 15) is 0 Å². The molecule has 0 saturated carbocycles. The molecule has 3 N–H and O–H groups in total. The first-order chi connectivity index (χ1) is 5.79. The second-order valence-electron chi connectivity index (χ2n) is 3.12. The molecule has 0 spiro atoms. The van der Waals surface area contributed by atoms with Gasteiger partial charge >= 0.3 is 0 Å². The summed E-state index contributed by atoms with van der Waals surface area (Å²) in [5.41, 5.74) is 5.22. The number of nitrogens with two attached hydrogens (primary N) is 1. The number of rotatable bonds is 4. The number of thioether (sulfide) groups is 1. The predicted molar refractivity (Wildman–Crippen MR) is 75.3 cm³/mol. The van der Waals surface area contributed by atoms with Gasteiger partial charge in [0.2, 0.25) is 0 Å². The molecule has 86 valence electrons. The Labute approximate surface area is 111 Å². The SMILES string of the molecule is Br.Br.N=C(N)SCCCN1CCCC1. The standard InChI is InChI=1S/C8H17N3S.2BrH/c9-8(10)12-7-3-6-11-4-1-2-5-11;;/h1-7H2,(H3,9,10);2*1H. The maximum absolute atomic E-state index is 7.01. The van der Waals surface area contributed by atoms with E-state index in [2.05, 4.69) is 4.90 Å². The van der Waals surface area contributed by atoms with Crippen LogP contribution in [0.25, 0.3) is 0 Å². The van der Waals surface area contributed by atoms with Crippen molar-refractivity contribution in [1.82, 2.24) is 4.90 Å². The van der Waals surface area contributed by atoms with Crippen molar-refractivity contribution in [3.8, 4) is 0 Å². The van der Waals surface area contributed by atoms with Crippen molar-refractivity contribution in [3.63, 3.8) is 0 Å². The summed E-state index contributed by atoms with van der Waals surface area (Å²) in [6.07, 6.45) is 3.88. The maximum Gasteiger partial charge on any atom is 0.151 e. The van der Waals surface area contributed by atoms with E-state index in [-0.39, 0.29) is 39.1 Å². The van der Waals surface area contributed by atoms with Crippen molar-refractivity contribution in [3.05, 3.63) is 0 Å². The van der Waals surface area contributed by atoms with Crippen LogP contribution in [0.1, 0.15) is 19.3 Å². The van der Waals surface area contributed by atoms with Crippen LogP contribution in [0.5, 0.6) is 0 Å². The van der Waals surface area contributed by atoms with Gasteiger partial charge in [-0.15, -0.1) is 34.0 Å². The minimum absolute atomic E-state index is 0. The van der Waals surface area contributed by atoms with Crippen molar-refractivity contribution in [2.75, 3.05) is 25.4 Å². The molecule has 1 aliphatic heterocycles. The highest BCUT2D eigenvalue weighted by atomic mass is 79.9. The topological polar surface area (TPSA) is 53.1 Å². The van der Waals surface area contributed by atoms with Crippen LogP contribution in [0.15, 0.2) is 0 Å². The second kappa shape index (κ2) is 10.3. The lowest BCUT2D eigenvalue weighted by molar-refractivity contribution is 0.341. The molecule has 3 nitrogen and oxygen atoms in total. The number of nitrogens with one attached hydrogen (secondary N) is 1. The van der Waals surface area contributed by atoms with Gasteiger partial charge in [-0.25, -0.2) is 0 Å². The summed E-state index contributed by atoms with van der Waals surface area (Å²) >= 11 is 1.45. The Bertz CT molecular complexity index is 152. The quantitative estimate of drug-likeness (QED) is 0.465. The van der Waals surface area contributed by atoms with Gasteiger partial charge in [0.1, 0.15) is 0 Å². The molecule has 14 heavy (non-hydrogen) atoms. The molecule has 0 aromatic rings. The molecular weight excluding hydrogens is 330 g/mol. The summed E-state index contributed by atoms with van der Waals surface area (Å²) in [7, 11) is 0. The predicted octanol–water partition coefficient (Wildman–Crippen LogP) is 2.25. The fourth-order valence-electron chi connectivity index (χ4n) is 1.48. The summed E-state index contributed by atoms with van der Waals surface area (Å²) in [6, 6.07) is 0. The van der Waals surface area contributed by atoms with Crippen molar-refractivity contribution >= 4 is 50.9 Å². The molecule has 0 atom stereocenters. The highest BCUT2D eigenvalue weighted by molar-refractivity contribution is 8.93. The fourth-order valence-corrected chi connectivity index (χ4v) is 1.97. The highest BCUT2D eigenvalue weighted by Gasteiger charge is 2.09. The number of hydrogen-bond acceptors (Lipinski definition) is 3. The van der Waals surface area contributed by atoms with E-state index in [1.807, 2.05) is 0 Å². The van der Waals surface area contributed by atoms with Crippen LogP contribution < -0.4 is 5.73 Å². The zero-order chi connectivity index (χ0) is 8.81. The molecule has 0 aliphatic carbocycles. The first kappa shape index (κ1) is 17.1. The van der Waals surface area contributed by atoms with E-state index in [4.69, 9.17) is 11.1 Å². The summed E-state index contributed by atoms with van der Waals surface area (Å²) in [6.45, 7) is 3.72. The van der Waals surface area contributed by atoms with Crippen LogP contribution in [-0.2, 0) is 0 Å². The van der Waals surface area contributed by atoms with Crippen molar-refractivity contribution in [1.29, 1.82) is 5.41 Å². The van der Waals surface area contributed by atoms with E-state index >= 15 is 0 Å². The third-order valence-corrected chi connectivity index (χ3v) is 2.88. The average molecular weight is 349 g/mol. The van der Waals surface area contributed by atoms with Gasteiger partial charge in [0.15, 0.2) is 5.17 Å². The largest absolute Gasteiger partial charge is 0.379 e. The second-order valence-corrected chi connectivity index (χ2v) is 4.25. The molecule has 0 aromatic heterocycles. The normalized spacial score (nSPS) is 15.7. The van der Waals surface area contributed by atoms with Crippen LogP contribution in [-0.4, -0.2) is 35.5 Å². The van der Waals surface area contributed by atoms with Gasteiger partial charge < -0.3 is 10.6 Å². The van der Waals surface area contributed by atoms with E-state index < -0.39 is 0 Å². The van der Waals surface area contributed by atoms with E-state index in [1.165, 1.54) is 44.2 Å². The Morgan fingerprint density at radius 2 is 1.86 bits per heavy atom. The Balaban J connectivity index is 0. The highest BCUT2D eigenvalue weighted by Crippen LogP contribution is 2.09. The molecule has 0 bridgehead atoms. The zero-order valence-electron chi connectivity index (χ0n) is 8.20. The van der Waals surface area contributed by atoms with Gasteiger partial charge in [-0.3, -0.25) is 5.41 Å². The molecule has 0 aromatic carbocycles. The minimum atomic E-state index is 0. The lowest BCUT2D eigenvalue weighted by Gasteiger charge is -2.13. The first-order valence-corrected chi connectivity index (χ1v) is 5.47. The minimum Gasteiger partial charge on any atom is -0.379 e. The van der Waals surface area contributed by atoms with Gasteiger partial charge in [0.05, 0.1) is 0 Å². The fraction of sp³-hybridized carbons (Fsp3) is 0.875. The lowest BCUT2D eigenvalue weighted by Crippen LogP contribution is -2.21. The monoisotopic (exact) mass is 347 g/mol. The van der Waals surface area contributed by atoms with Gasteiger partial charge in [-0.05, 0) is 38.9 Å². The number of likely N-dealkylation sites (tertiary alicyclic amines) is 1. The van der Waals surface area contributed by atoms with Crippen molar-refractivity contribution < 1.29 is 0 Å². The lowest BCUT2D eigenvalue weighted by atomic mass is 10.4. The maximum atomic E-state index is 7.01. The van der Waals surface area contributed by atoms with Gasteiger partial charge in [0.25, 0.3) is 0 Å². The van der Waals surface area contributed by atoms with E-state index in [0.29, 0.717) is 0 Å². The van der Waals surface area contributed by atoms with Gasteiger partial charge in [-0.2, -0.15) is 0 Å². The van der Waals surface area contributed by atoms with E-state index in [1.54, 1.807) is 0 Å². The summed E-state index contributed by atoms with van der Waals surface area (Å²) in [4.78, 5) is 2.49. The molecule has 0 amide bonds. The molecule has 0 radical (unpaired) electrons. The molecular formula is C8H19Br2N3S. The van der Waals surface area contributed by atoms with Gasteiger partial charge in [-0.1, -0.05) is 11.8 Å². The molecule has 1 heterocycles. The first-order valence-electron chi connectivity index (χ1n) is 4.48. The molecule has 1 fully saturated rings. The smallest absolute Gasteiger partial charge is 0.151 e. The van der Waals surface area contributed by atoms with Crippen molar-refractivity contribution in [2.45, 2.75) is 19.3 Å². The third kappa shape index (κ3) is 8.08. The average Bonchev–Trinajstić information content (AvgIpc) is 2.49. The molecule has 0 unspecified atom stereocenters. The zero-order valence-corrected chi connectivity index (χ0v) is 12.4. The van der Waals surface area contributed by atoms with Crippen LogP contribution in [0, 0.1) is 5.41 Å². The van der Waals surface area contributed by atoms with Crippen LogP contribution >= 0.6 is 45.7 Å². The number of nitrogens with zero attached hydrogens (tertiary/aromatic N) is 1. The number of hydrogen-bond donors (Lipinski definition) is 2. The van der Waals surface area contributed by atoms with Gasteiger partial charge in [0, 0.05) is 5.75 Å². The summed E-state index contributed by atoms with van der Waals surface area (Å²) < 4.78 is 0. The Hall–Kier alpha value is 0.740. The molecule has 1 aliphatic rings. The van der Waals surface area contributed by atoms with Crippen LogP contribution in [0.2, 0.25) is 0 Å². The molecule has 6 heteroatoms. The molecule has 1 saturated heterocycles. The summed E-state index contributed by atoms with van der Waals surface area (Å²) in [5, 5.41) is 7.26. The Kier molecular flexibility index (Phi) is 12.6.